The number of ether oxygens (including phenoxy) is 1. The number of aromatic nitrogens is 2. The maximum absolute atomic E-state index is 13.2. The number of amides is 1. The Bertz CT molecular complexity index is 1390. The van der Waals surface area contributed by atoms with Crippen molar-refractivity contribution < 1.29 is 9.53 Å². The maximum Gasteiger partial charge on any atom is 0.272 e. The highest BCUT2D eigenvalue weighted by Gasteiger charge is 2.13. The zero-order valence-corrected chi connectivity index (χ0v) is 22.5. The summed E-state index contributed by atoms with van der Waals surface area (Å²) in [6.07, 6.45) is 2.87. The number of anilines is 1. The smallest absolute Gasteiger partial charge is 0.272 e. The molecule has 0 aliphatic carbocycles. The van der Waals surface area contributed by atoms with Crippen LogP contribution in [0.4, 0.5) is 5.69 Å². The number of benzene rings is 2. The van der Waals surface area contributed by atoms with Gasteiger partial charge in [0.2, 0.25) is 5.91 Å². The summed E-state index contributed by atoms with van der Waals surface area (Å²) >= 11 is 3.05. The standard InChI is InChI=1S/C28H31N3O3S2/c1-19-8-9-20(2)21(17-19)18-36-28-30-24-14-16-35-26(24)27(33)31(28)15-6-4-5-7-25(32)29-22-10-12-23(34-3)13-11-22/h8-14,16-17H,4-7,15,18H2,1-3H3,(H,29,32). The van der Waals surface area contributed by atoms with Crippen molar-refractivity contribution in [1.82, 2.24) is 9.55 Å². The van der Waals surface area contributed by atoms with E-state index in [-0.39, 0.29) is 11.5 Å². The number of thioether (sulfide) groups is 1. The Labute approximate surface area is 219 Å². The number of aryl methyl sites for hydroxylation is 2. The van der Waals surface area contributed by atoms with E-state index < -0.39 is 0 Å². The molecule has 6 nitrogen and oxygen atoms in total. The highest BCUT2D eigenvalue weighted by Crippen LogP contribution is 2.26. The number of fused-ring (bicyclic) bond motifs is 1. The van der Waals surface area contributed by atoms with E-state index in [2.05, 4.69) is 37.4 Å². The summed E-state index contributed by atoms with van der Waals surface area (Å²) in [7, 11) is 1.61. The van der Waals surface area contributed by atoms with Crippen LogP contribution in [0.3, 0.4) is 0 Å². The average molecular weight is 522 g/mol. The highest BCUT2D eigenvalue weighted by atomic mass is 32.2. The molecule has 0 saturated heterocycles. The number of rotatable bonds is 11. The van der Waals surface area contributed by atoms with Gasteiger partial charge in [-0.2, -0.15) is 0 Å². The van der Waals surface area contributed by atoms with Crippen molar-refractivity contribution in [3.63, 3.8) is 0 Å². The molecule has 1 amide bonds. The lowest BCUT2D eigenvalue weighted by Gasteiger charge is -2.13. The fraction of sp³-hybridized carbons (Fsp3) is 0.321. The fourth-order valence-electron chi connectivity index (χ4n) is 3.96. The van der Waals surface area contributed by atoms with Gasteiger partial charge in [0.15, 0.2) is 5.16 Å². The van der Waals surface area contributed by atoms with Gasteiger partial charge in [-0.3, -0.25) is 14.2 Å². The third kappa shape index (κ3) is 6.56. The van der Waals surface area contributed by atoms with Crippen LogP contribution in [0.15, 0.2) is 63.9 Å². The van der Waals surface area contributed by atoms with Gasteiger partial charge in [-0.25, -0.2) is 4.98 Å². The molecule has 0 radical (unpaired) electrons. The Hall–Kier alpha value is -3.10. The van der Waals surface area contributed by atoms with Gasteiger partial charge in [-0.15, -0.1) is 11.3 Å². The van der Waals surface area contributed by atoms with Gasteiger partial charge in [-0.05, 0) is 73.5 Å². The van der Waals surface area contributed by atoms with Crippen LogP contribution in [-0.4, -0.2) is 22.6 Å². The monoisotopic (exact) mass is 521 g/mol. The van der Waals surface area contributed by atoms with Crippen molar-refractivity contribution in [2.45, 2.75) is 57.0 Å². The number of carbonyl (C=O) groups is 1. The summed E-state index contributed by atoms with van der Waals surface area (Å²) in [6, 6.07) is 15.7. The van der Waals surface area contributed by atoms with E-state index in [1.807, 2.05) is 40.3 Å². The Kier molecular flexibility index (Phi) is 8.83. The minimum Gasteiger partial charge on any atom is -0.497 e. The predicted octanol–water partition coefficient (Wildman–Crippen LogP) is 6.57. The number of hydrogen-bond donors (Lipinski definition) is 1. The molecule has 0 fully saturated rings. The molecule has 0 aliphatic rings. The van der Waals surface area contributed by atoms with Crippen molar-refractivity contribution in [2.75, 3.05) is 12.4 Å². The molecule has 0 spiro atoms. The Morgan fingerprint density at radius 3 is 2.67 bits per heavy atom. The minimum atomic E-state index is -0.0104. The molecule has 0 saturated carbocycles. The first-order chi connectivity index (χ1) is 17.4. The second-order valence-corrected chi connectivity index (χ2v) is 10.7. The SMILES string of the molecule is COc1ccc(NC(=O)CCCCCn2c(SCc3cc(C)ccc3C)nc3ccsc3c2=O)cc1. The summed E-state index contributed by atoms with van der Waals surface area (Å²) in [4.78, 5) is 30.3. The molecule has 2 aromatic heterocycles. The second kappa shape index (κ2) is 12.2. The van der Waals surface area contributed by atoms with Crippen molar-refractivity contribution in [1.29, 1.82) is 0 Å². The molecule has 8 heteroatoms. The first-order valence-corrected chi connectivity index (χ1v) is 13.9. The molecular weight excluding hydrogens is 490 g/mol. The van der Waals surface area contributed by atoms with E-state index in [0.717, 1.165) is 47.1 Å². The van der Waals surface area contributed by atoms with Crippen LogP contribution < -0.4 is 15.6 Å². The normalized spacial score (nSPS) is 11.1. The Balaban J connectivity index is 1.34. The van der Waals surface area contributed by atoms with Crippen molar-refractivity contribution in [3.05, 3.63) is 81.0 Å². The maximum atomic E-state index is 13.2. The van der Waals surface area contributed by atoms with E-state index >= 15 is 0 Å². The molecule has 2 heterocycles. The Morgan fingerprint density at radius 2 is 1.89 bits per heavy atom. The third-order valence-electron chi connectivity index (χ3n) is 6.05. The molecule has 1 N–H and O–H groups in total. The largest absolute Gasteiger partial charge is 0.497 e. The molecule has 0 unspecified atom stereocenters. The fourth-order valence-corrected chi connectivity index (χ4v) is 5.83. The molecule has 0 atom stereocenters. The summed E-state index contributed by atoms with van der Waals surface area (Å²) in [5, 5.41) is 5.59. The summed E-state index contributed by atoms with van der Waals surface area (Å²) in [5.74, 6) is 1.51. The summed E-state index contributed by atoms with van der Waals surface area (Å²) in [6.45, 7) is 4.80. The number of methoxy groups -OCH3 is 1. The zero-order valence-electron chi connectivity index (χ0n) is 20.9. The molecule has 0 aliphatic heterocycles. The lowest BCUT2D eigenvalue weighted by Crippen LogP contribution is -2.22. The lowest BCUT2D eigenvalue weighted by atomic mass is 10.1. The summed E-state index contributed by atoms with van der Waals surface area (Å²) in [5.41, 5.74) is 5.27. The lowest BCUT2D eigenvalue weighted by molar-refractivity contribution is -0.116. The van der Waals surface area contributed by atoms with Crippen molar-refractivity contribution in [3.8, 4) is 5.75 Å². The third-order valence-corrected chi connectivity index (χ3v) is 7.97. The minimum absolute atomic E-state index is 0.0104. The second-order valence-electron chi connectivity index (χ2n) is 8.79. The zero-order chi connectivity index (χ0) is 25.5. The van der Waals surface area contributed by atoms with Crippen LogP contribution in [0.25, 0.3) is 10.2 Å². The van der Waals surface area contributed by atoms with E-state index in [1.165, 1.54) is 28.0 Å². The number of thiophene rings is 1. The molecule has 2 aromatic carbocycles. The van der Waals surface area contributed by atoms with Crippen molar-refractivity contribution in [2.24, 2.45) is 0 Å². The quantitative estimate of drug-likeness (QED) is 0.137. The number of nitrogens with zero attached hydrogens (tertiary/aromatic N) is 2. The van der Waals surface area contributed by atoms with Crippen molar-refractivity contribution >= 4 is 44.9 Å². The van der Waals surface area contributed by atoms with Gasteiger partial charge < -0.3 is 10.1 Å². The van der Waals surface area contributed by atoms with E-state index in [4.69, 9.17) is 9.72 Å². The molecule has 4 rings (SSSR count). The highest BCUT2D eigenvalue weighted by molar-refractivity contribution is 7.98. The van der Waals surface area contributed by atoms with E-state index in [0.29, 0.717) is 17.7 Å². The van der Waals surface area contributed by atoms with Gasteiger partial charge in [0.25, 0.3) is 5.56 Å². The summed E-state index contributed by atoms with van der Waals surface area (Å²) < 4.78 is 7.65. The van der Waals surface area contributed by atoms with E-state index in [1.54, 1.807) is 18.9 Å². The van der Waals surface area contributed by atoms with Crippen LogP contribution in [-0.2, 0) is 17.1 Å². The van der Waals surface area contributed by atoms with Crippen LogP contribution in [0, 0.1) is 13.8 Å². The molecule has 4 aromatic rings. The van der Waals surface area contributed by atoms with Crippen LogP contribution in [0.5, 0.6) is 5.75 Å². The predicted molar refractivity (Wildman–Crippen MR) is 149 cm³/mol. The van der Waals surface area contributed by atoms with Gasteiger partial charge in [0, 0.05) is 24.4 Å². The average Bonchev–Trinajstić information content (AvgIpc) is 3.35. The van der Waals surface area contributed by atoms with Gasteiger partial charge in [0.05, 0.1) is 12.6 Å². The van der Waals surface area contributed by atoms with E-state index in [9.17, 15) is 9.59 Å². The van der Waals surface area contributed by atoms with Gasteiger partial charge in [0.1, 0.15) is 10.4 Å². The van der Waals surface area contributed by atoms with Gasteiger partial charge >= 0.3 is 0 Å². The first kappa shape index (κ1) is 26.0. The topological polar surface area (TPSA) is 73.2 Å². The number of carbonyl (C=O) groups excluding carboxylic acids is 1. The van der Waals surface area contributed by atoms with Crippen LogP contribution in [0.2, 0.25) is 0 Å². The number of nitrogens with one attached hydrogen (secondary N) is 1. The molecular formula is C28H31N3O3S2. The number of hydrogen-bond acceptors (Lipinski definition) is 6. The van der Waals surface area contributed by atoms with Crippen LogP contribution in [0.1, 0.15) is 42.4 Å². The molecule has 36 heavy (non-hydrogen) atoms. The Morgan fingerprint density at radius 1 is 1.08 bits per heavy atom. The first-order valence-electron chi connectivity index (χ1n) is 12.1. The molecule has 0 bridgehead atoms. The molecule has 188 valence electrons. The number of unbranched alkanes of at least 4 members (excludes halogenated alkanes) is 2. The van der Waals surface area contributed by atoms with Gasteiger partial charge in [-0.1, -0.05) is 41.9 Å². The van der Waals surface area contributed by atoms with Crippen LogP contribution >= 0.6 is 23.1 Å².